The maximum Gasteiger partial charge on any atom is 0.269 e. The first-order chi connectivity index (χ1) is 15.0. The fourth-order valence-corrected chi connectivity index (χ4v) is 3.40. The van der Waals surface area contributed by atoms with Crippen LogP contribution in [0.1, 0.15) is 16.8 Å². The molecule has 0 atom stereocenters. The molecule has 2 aromatic carbocycles. The van der Waals surface area contributed by atoms with Crippen molar-refractivity contribution in [2.24, 2.45) is 0 Å². The Labute approximate surface area is 179 Å². The number of nitro benzene ring substituents is 1. The molecule has 1 N–H and O–H groups in total. The number of carbonyl (C=O) groups is 1. The molecular weight excluding hydrogens is 396 g/mol. The predicted molar refractivity (Wildman–Crippen MR) is 117 cm³/mol. The van der Waals surface area contributed by atoms with Gasteiger partial charge in [0.2, 0.25) is 0 Å². The Bertz CT molecular complexity index is 1190. The van der Waals surface area contributed by atoms with Gasteiger partial charge >= 0.3 is 0 Å². The number of nitrogens with one attached hydrogen (secondary N) is 1. The van der Waals surface area contributed by atoms with Gasteiger partial charge in [0.1, 0.15) is 11.6 Å². The van der Waals surface area contributed by atoms with Crippen LogP contribution in [0.5, 0.6) is 0 Å². The van der Waals surface area contributed by atoms with E-state index in [1.807, 2.05) is 37.3 Å². The molecule has 0 bridgehead atoms. The minimum Gasteiger partial charge on any atom is -0.383 e. The summed E-state index contributed by atoms with van der Waals surface area (Å²) in [7, 11) is 1.54. The fraction of sp³-hybridized carbons (Fsp3) is 0.217. The van der Waals surface area contributed by atoms with Crippen molar-refractivity contribution in [3.63, 3.8) is 0 Å². The van der Waals surface area contributed by atoms with Crippen LogP contribution in [0.15, 0.2) is 54.1 Å². The van der Waals surface area contributed by atoms with Crippen molar-refractivity contribution in [3.8, 4) is 6.07 Å². The monoisotopic (exact) mass is 418 g/mol. The van der Waals surface area contributed by atoms with Crippen LogP contribution in [-0.2, 0) is 16.1 Å². The van der Waals surface area contributed by atoms with Crippen molar-refractivity contribution in [1.82, 2.24) is 9.88 Å². The van der Waals surface area contributed by atoms with Gasteiger partial charge in [-0.25, -0.2) is 0 Å². The summed E-state index contributed by atoms with van der Waals surface area (Å²) in [6, 6.07) is 16.1. The van der Waals surface area contributed by atoms with E-state index >= 15 is 0 Å². The molecule has 1 heterocycles. The average Bonchev–Trinajstić information content (AvgIpc) is 3.03. The quantitative estimate of drug-likeness (QED) is 0.198. The molecule has 0 radical (unpaired) electrons. The van der Waals surface area contributed by atoms with Crippen molar-refractivity contribution in [2.75, 3.05) is 20.3 Å². The number of ether oxygens (including phenoxy) is 1. The molecule has 3 rings (SSSR count). The van der Waals surface area contributed by atoms with Crippen LogP contribution in [0.3, 0.4) is 0 Å². The zero-order valence-corrected chi connectivity index (χ0v) is 17.3. The van der Waals surface area contributed by atoms with Gasteiger partial charge in [-0.1, -0.05) is 30.3 Å². The minimum absolute atomic E-state index is 0.0115. The van der Waals surface area contributed by atoms with Crippen LogP contribution in [0.2, 0.25) is 0 Å². The smallest absolute Gasteiger partial charge is 0.269 e. The number of hydrogen-bond acceptors (Lipinski definition) is 5. The molecular formula is C23H22N4O4. The Kier molecular flexibility index (Phi) is 6.80. The normalized spacial score (nSPS) is 11.3. The summed E-state index contributed by atoms with van der Waals surface area (Å²) in [4.78, 5) is 22.8. The van der Waals surface area contributed by atoms with E-state index in [9.17, 15) is 20.2 Å². The number of methoxy groups -OCH3 is 1. The van der Waals surface area contributed by atoms with Crippen molar-refractivity contribution >= 4 is 28.6 Å². The Balaban J connectivity index is 2.00. The second-order valence-electron chi connectivity index (χ2n) is 6.94. The number of aromatic nitrogens is 1. The van der Waals surface area contributed by atoms with Gasteiger partial charge in [0.25, 0.3) is 11.6 Å². The Morgan fingerprint density at radius 3 is 2.61 bits per heavy atom. The van der Waals surface area contributed by atoms with E-state index in [0.29, 0.717) is 19.7 Å². The number of nitrogens with zero attached hydrogens (tertiary/aromatic N) is 3. The number of nitro groups is 1. The topological polar surface area (TPSA) is 110 Å². The number of benzene rings is 2. The van der Waals surface area contributed by atoms with Crippen molar-refractivity contribution in [3.05, 3.63) is 81.0 Å². The van der Waals surface area contributed by atoms with Gasteiger partial charge < -0.3 is 14.6 Å². The lowest BCUT2D eigenvalue weighted by Gasteiger charge is -2.09. The van der Waals surface area contributed by atoms with Crippen LogP contribution in [0, 0.1) is 28.4 Å². The third-order valence-electron chi connectivity index (χ3n) is 5.01. The number of fused-ring (bicyclic) bond motifs is 1. The summed E-state index contributed by atoms with van der Waals surface area (Å²) in [5, 5.41) is 24.0. The highest BCUT2D eigenvalue weighted by atomic mass is 16.6. The first-order valence-electron chi connectivity index (χ1n) is 9.66. The summed E-state index contributed by atoms with van der Waals surface area (Å²) in [5.41, 5.74) is 3.58. The van der Waals surface area contributed by atoms with Gasteiger partial charge in [-0.05, 0) is 24.6 Å². The fourth-order valence-electron chi connectivity index (χ4n) is 3.40. The molecule has 8 nitrogen and oxygen atoms in total. The third-order valence-corrected chi connectivity index (χ3v) is 5.01. The molecule has 8 heteroatoms. The van der Waals surface area contributed by atoms with Crippen LogP contribution in [0.25, 0.3) is 17.0 Å². The lowest BCUT2D eigenvalue weighted by Crippen LogP contribution is -2.27. The van der Waals surface area contributed by atoms with E-state index in [1.54, 1.807) is 18.2 Å². The second-order valence-corrected chi connectivity index (χ2v) is 6.94. The zero-order chi connectivity index (χ0) is 22.4. The average molecular weight is 418 g/mol. The van der Waals surface area contributed by atoms with Crippen LogP contribution >= 0.6 is 0 Å². The standard InChI is InChI=1S/C23H22N4O4/c1-16-21(13-18(14-24)23(28)25-11-12-31-2)20-5-3-4-6-22(20)26(16)15-17-7-9-19(10-8-17)27(29)30/h3-10,13H,11-12,15H2,1-2H3,(H,25,28)/b18-13+. The maximum atomic E-state index is 12.4. The first kappa shape index (κ1) is 21.7. The number of non-ortho nitro benzene ring substituents is 1. The Morgan fingerprint density at radius 1 is 1.26 bits per heavy atom. The predicted octanol–water partition coefficient (Wildman–Crippen LogP) is 3.58. The highest BCUT2D eigenvalue weighted by Crippen LogP contribution is 2.29. The molecule has 0 saturated carbocycles. The Hall–Kier alpha value is -3.96. The highest BCUT2D eigenvalue weighted by Gasteiger charge is 2.16. The molecule has 1 aromatic heterocycles. The molecule has 0 aliphatic carbocycles. The minimum atomic E-state index is -0.453. The highest BCUT2D eigenvalue weighted by molar-refractivity contribution is 6.04. The van der Waals surface area contributed by atoms with Crippen LogP contribution < -0.4 is 5.32 Å². The molecule has 0 aliphatic heterocycles. The summed E-state index contributed by atoms with van der Waals surface area (Å²) in [5.74, 6) is -0.453. The molecule has 0 aliphatic rings. The van der Waals surface area contributed by atoms with E-state index in [4.69, 9.17) is 4.74 Å². The zero-order valence-electron chi connectivity index (χ0n) is 17.3. The second kappa shape index (κ2) is 9.69. The molecule has 0 unspecified atom stereocenters. The molecule has 0 saturated heterocycles. The number of para-hydroxylation sites is 1. The van der Waals surface area contributed by atoms with Gasteiger partial charge in [-0.2, -0.15) is 5.26 Å². The van der Waals surface area contributed by atoms with E-state index in [1.165, 1.54) is 19.2 Å². The lowest BCUT2D eigenvalue weighted by molar-refractivity contribution is -0.384. The maximum absolute atomic E-state index is 12.4. The number of amides is 1. The van der Waals surface area contributed by atoms with E-state index in [2.05, 4.69) is 9.88 Å². The third kappa shape index (κ3) is 4.79. The first-order valence-corrected chi connectivity index (χ1v) is 9.66. The summed E-state index contributed by atoms with van der Waals surface area (Å²) in [6.07, 6.45) is 1.60. The van der Waals surface area contributed by atoms with Crippen molar-refractivity contribution in [1.29, 1.82) is 5.26 Å². The molecule has 0 fully saturated rings. The van der Waals surface area contributed by atoms with Crippen molar-refractivity contribution in [2.45, 2.75) is 13.5 Å². The Morgan fingerprint density at radius 2 is 1.97 bits per heavy atom. The SMILES string of the molecule is COCCNC(=O)/C(C#N)=C/c1c(C)n(Cc2ccc([N+](=O)[O-])cc2)c2ccccc12. The number of rotatable bonds is 8. The van der Waals surface area contributed by atoms with E-state index in [-0.39, 0.29) is 11.3 Å². The summed E-state index contributed by atoms with van der Waals surface area (Å²) in [6.45, 7) is 3.10. The molecule has 158 valence electrons. The number of hydrogen-bond donors (Lipinski definition) is 1. The molecule has 31 heavy (non-hydrogen) atoms. The van der Waals surface area contributed by atoms with Gasteiger partial charge in [0.15, 0.2) is 0 Å². The van der Waals surface area contributed by atoms with E-state index < -0.39 is 10.8 Å². The van der Waals surface area contributed by atoms with Crippen LogP contribution in [0.4, 0.5) is 5.69 Å². The van der Waals surface area contributed by atoms with Gasteiger partial charge in [-0.15, -0.1) is 0 Å². The largest absolute Gasteiger partial charge is 0.383 e. The number of carbonyl (C=O) groups excluding carboxylic acids is 1. The summed E-state index contributed by atoms with van der Waals surface area (Å²) < 4.78 is 6.99. The number of nitriles is 1. The molecule has 0 spiro atoms. The van der Waals surface area contributed by atoms with Gasteiger partial charge in [-0.3, -0.25) is 14.9 Å². The summed E-state index contributed by atoms with van der Waals surface area (Å²) >= 11 is 0. The van der Waals surface area contributed by atoms with Gasteiger partial charge in [0, 0.05) is 54.5 Å². The van der Waals surface area contributed by atoms with Gasteiger partial charge in [0.05, 0.1) is 11.5 Å². The van der Waals surface area contributed by atoms with E-state index in [0.717, 1.165) is 27.7 Å². The molecule has 1 amide bonds. The lowest BCUT2D eigenvalue weighted by atomic mass is 10.1. The molecule has 3 aromatic rings. The van der Waals surface area contributed by atoms with Crippen LogP contribution in [-0.4, -0.2) is 35.7 Å². The van der Waals surface area contributed by atoms with Crippen molar-refractivity contribution < 1.29 is 14.5 Å².